The van der Waals surface area contributed by atoms with Crippen LogP contribution in [0.5, 0.6) is 0 Å². The van der Waals surface area contributed by atoms with Gasteiger partial charge >= 0.3 is 0 Å². The van der Waals surface area contributed by atoms with Gasteiger partial charge in [0.2, 0.25) is 5.16 Å². The van der Waals surface area contributed by atoms with E-state index in [0.29, 0.717) is 12.6 Å². The first-order valence-electron chi connectivity index (χ1n) is 6.39. The summed E-state index contributed by atoms with van der Waals surface area (Å²) in [6, 6.07) is 0. The van der Waals surface area contributed by atoms with Gasteiger partial charge in [-0.1, -0.05) is 11.8 Å². The SMILES string of the molecule is COC(Cn1nnnc1SCCC1CCCO1)OC. The summed E-state index contributed by atoms with van der Waals surface area (Å²) in [4.78, 5) is 0. The van der Waals surface area contributed by atoms with Gasteiger partial charge in [0.1, 0.15) is 0 Å². The van der Waals surface area contributed by atoms with Crippen molar-refractivity contribution >= 4 is 11.8 Å². The molecule has 1 aliphatic rings. The quantitative estimate of drug-likeness (QED) is 0.521. The molecule has 1 atom stereocenters. The Morgan fingerprint density at radius 2 is 2.32 bits per heavy atom. The summed E-state index contributed by atoms with van der Waals surface area (Å²) < 4.78 is 17.6. The van der Waals surface area contributed by atoms with Crippen LogP contribution in [0.25, 0.3) is 0 Å². The molecule has 0 radical (unpaired) electrons. The number of hydrogen-bond donors (Lipinski definition) is 0. The molecule has 0 spiro atoms. The Bertz CT molecular complexity index is 367. The van der Waals surface area contributed by atoms with Crippen LogP contribution < -0.4 is 0 Å². The second kappa shape index (κ2) is 7.78. The fourth-order valence-corrected chi connectivity index (χ4v) is 2.87. The summed E-state index contributed by atoms with van der Waals surface area (Å²) in [5, 5.41) is 12.4. The van der Waals surface area contributed by atoms with Crippen LogP contribution in [-0.2, 0) is 20.8 Å². The zero-order valence-corrected chi connectivity index (χ0v) is 12.1. The fraction of sp³-hybridized carbons (Fsp3) is 0.909. The molecule has 0 aromatic carbocycles. The van der Waals surface area contributed by atoms with E-state index in [1.54, 1.807) is 30.7 Å². The number of thioether (sulfide) groups is 1. The number of nitrogens with zero attached hydrogens (tertiary/aromatic N) is 4. The van der Waals surface area contributed by atoms with E-state index in [4.69, 9.17) is 14.2 Å². The Morgan fingerprint density at radius 3 is 3.00 bits per heavy atom. The van der Waals surface area contributed by atoms with E-state index in [-0.39, 0.29) is 6.29 Å². The van der Waals surface area contributed by atoms with Crippen LogP contribution in [0.3, 0.4) is 0 Å². The van der Waals surface area contributed by atoms with Crippen LogP contribution in [0, 0.1) is 0 Å². The average Bonchev–Trinajstić information content (AvgIpc) is 3.08. The van der Waals surface area contributed by atoms with Crippen molar-refractivity contribution in [3.05, 3.63) is 0 Å². The number of methoxy groups -OCH3 is 2. The lowest BCUT2D eigenvalue weighted by Gasteiger charge is -2.13. The highest BCUT2D eigenvalue weighted by Gasteiger charge is 2.17. The van der Waals surface area contributed by atoms with Crippen molar-refractivity contribution in [1.29, 1.82) is 0 Å². The molecule has 8 heteroatoms. The minimum absolute atomic E-state index is 0.332. The highest BCUT2D eigenvalue weighted by molar-refractivity contribution is 7.99. The molecule has 108 valence electrons. The second-order valence-electron chi connectivity index (χ2n) is 4.32. The highest BCUT2D eigenvalue weighted by atomic mass is 32.2. The Kier molecular flexibility index (Phi) is 6.02. The number of tetrazole rings is 1. The Morgan fingerprint density at radius 1 is 1.47 bits per heavy atom. The minimum Gasteiger partial charge on any atom is -0.378 e. The van der Waals surface area contributed by atoms with E-state index >= 15 is 0 Å². The molecule has 1 aromatic rings. The normalized spacial score (nSPS) is 19.4. The number of hydrogen-bond acceptors (Lipinski definition) is 7. The molecule has 0 bridgehead atoms. The zero-order chi connectivity index (χ0) is 13.5. The van der Waals surface area contributed by atoms with Crippen LogP contribution in [0.1, 0.15) is 19.3 Å². The van der Waals surface area contributed by atoms with Crippen molar-refractivity contribution in [3.8, 4) is 0 Å². The molecule has 0 saturated carbocycles. The van der Waals surface area contributed by atoms with Gasteiger partial charge in [-0.15, -0.1) is 5.10 Å². The molecule has 2 heterocycles. The molecule has 7 nitrogen and oxygen atoms in total. The predicted molar refractivity (Wildman–Crippen MR) is 69.9 cm³/mol. The van der Waals surface area contributed by atoms with E-state index in [1.807, 2.05) is 0 Å². The number of ether oxygens (including phenoxy) is 3. The summed E-state index contributed by atoms with van der Waals surface area (Å²) in [6.07, 6.45) is 3.45. The Labute approximate surface area is 117 Å². The van der Waals surface area contributed by atoms with Gasteiger partial charge < -0.3 is 14.2 Å². The monoisotopic (exact) mass is 288 g/mol. The zero-order valence-electron chi connectivity index (χ0n) is 11.3. The van der Waals surface area contributed by atoms with E-state index < -0.39 is 0 Å². The van der Waals surface area contributed by atoms with Crippen molar-refractivity contribution in [1.82, 2.24) is 20.2 Å². The van der Waals surface area contributed by atoms with Crippen molar-refractivity contribution in [2.24, 2.45) is 0 Å². The molecule has 1 aromatic heterocycles. The molecule has 0 amide bonds. The maximum atomic E-state index is 5.59. The third kappa shape index (κ3) is 4.41. The summed E-state index contributed by atoms with van der Waals surface area (Å²) in [6.45, 7) is 1.39. The van der Waals surface area contributed by atoms with Gasteiger partial charge in [0.15, 0.2) is 6.29 Å². The molecule has 1 aliphatic heterocycles. The summed E-state index contributed by atoms with van der Waals surface area (Å²) in [5.74, 6) is 0.954. The summed E-state index contributed by atoms with van der Waals surface area (Å²) in [5.41, 5.74) is 0. The van der Waals surface area contributed by atoms with Crippen molar-refractivity contribution in [3.63, 3.8) is 0 Å². The van der Waals surface area contributed by atoms with Gasteiger partial charge in [0.25, 0.3) is 0 Å². The largest absolute Gasteiger partial charge is 0.378 e. The first kappa shape index (κ1) is 14.7. The van der Waals surface area contributed by atoms with Gasteiger partial charge in [0.05, 0.1) is 12.6 Å². The van der Waals surface area contributed by atoms with Gasteiger partial charge in [-0.2, -0.15) is 0 Å². The third-order valence-corrected chi connectivity index (χ3v) is 4.03. The molecular formula is C11H20N4O3S. The topological polar surface area (TPSA) is 71.3 Å². The van der Waals surface area contributed by atoms with Crippen LogP contribution >= 0.6 is 11.8 Å². The first-order valence-corrected chi connectivity index (χ1v) is 7.38. The molecule has 0 N–H and O–H groups in total. The van der Waals surface area contributed by atoms with Crippen molar-refractivity contribution in [2.45, 2.75) is 43.4 Å². The van der Waals surface area contributed by atoms with Gasteiger partial charge in [-0.3, -0.25) is 0 Å². The van der Waals surface area contributed by atoms with Gasteiger partial charge in [-0.25, -0.2) is 4.68 Å². The van der Waals surface area contributed by atoms with Crippen LogP contribution in [0.4, 0.5) is 0 Å². The Hall–Kier alpha value is -0.700. The lowest BCUT2D eigenvalue weighted by atomic mass is 10.2. The molecule has 0 aliphatic carbocycles. The van der Waals surface area contributed by atoms with E-state index in [2.05, 4.69) is 15.5 Å². The molecule has 2 rings (SSSR count). The summed E-state index contributed by atoms with van der Waals surface area (Å²) in [7, 11) is 3.20. The highest BCUT2D eigenvalue weighted by Crippen LogP contribution is 2.21. The number of aromatic nitrogens is 4. The van der Waals surface area contributed by atoms with Crippen LogP contribution in [0.2, 0.25) is 0 Å². The molecular weight excluding hydrogens is 268 g/mol. The van der Waals surface area contributed by atoms with Crippen molar-refractivity contribution < 1.29 is 14.2 Å². The first-order chi connectivity index (χ1) is 9.33. The predicted octanol–water partition coefficient (Wildman–Crippen LogP) is 0.953. The molecule has 1 saturated heterocycles. The average molecular weight is 288 g/mol. The molecule has 1 unspecified atom stereocenters. The van der Waals surface area contributed by atoms with Crippen molar-refractivity contribution in [2.75, 3.05) is 26.6 Å². The molecule has 1 fully saturated rings. The van der Waals surface area contributed by atoms with Crippen LogP contribution in [-0.4, -0.2) is 59.2 Å². The van der Waals surface area contributed by atoms with Gasteiger partial charge in [-0.05, 0) is 29.7 Å². The van der Waals surface area contributed by atoms with E-state index in [1.165, 1.54) is 12.8 Å². The lowest BCUT2D eigenvalue weighted by molar-refractivity contribution is -0.113. The van der Waals surface area contributed by atoms with Gasteiger partial charge in [0, 0.05) is 26.6 Å². The maximum Gasteiger partial charge on any atom is 0.209 e. The lowest BCUT2D eigenvalue weighted by Crippen LogP contribution is -2.22. The van der Waals surface area contributed by atoms with E-state index in [9.17, 15) is 0 Å². The molecule has 19 heavy (non-hydrogen) atoms. The maximum absolute atomic E-state index is 5.59. The van der Waals surface area contributed by atoms with Crippen LogP contribution in [0.15, 0.2) is 5.16 Å². The smallest absolute Gasteiger partial charge is 0.209 e. The third-order valence-electron chi connectivity index (χ3n) is 3.04. The standard InChI is InChI=1S/C11H20N4O3S/c1-16-10(17-2)8-15-11(12-13-14-15)19-7-5-9-4-3-6-18-9/h9-10H,3-8H2,1-2H3. The second-order valence-corrected chi connectivity index (χ2v) is 5.38. The fourth-order valence-electron chi connectivity index (χ4n) is 1.95. The minimum atomic E-state index is -0.332. The van der Waals surface area contributed by atoms with E-state index in [0.717, 1.165) is 23.9 Å². The summed E-state index contributed by atoms with van der Waals surface area (Å²) >= 11 is 1.64. The Balaban J connectivity index is 1.78. The number of rotatable bonds is 8.